The van der Waals surface area contributed by atoms with Gasteiger partial charge in [-0.15, -0.1) is 0 Å². The Kier molecular flexibility index (Phi) is 3.91. The maximum atomic E-state index is 13.6. The van der Waals surface area contributed by atoms with E-state index in [4.69, 9.17) is 5.11 Å². The number of aromatic nitrogens is 1. The average Bonchev–Trinajstić information content (AvgIpc) is 2.90. The van der Waals surface area contributed by atoms with Crippen molar-refractivity contribution in [3.05, 3.63) is 46.2 Å². The summed E-state index contributed by atoms with van der Waals surface area (Å²) in [6.45, 7) is 0. The van der Waals surface area contributed by atoms with Gasteiger partial charge < -0.3 is 5.11 Å². The predicted octanol–water partition coefficient (Wildman–Crippen LogP) is 2.36. The molecule has 0 bridgehead atoms. The Morgan fingerprint density at radius 1 is 1.30 bits per heavy atom. The number of carbonyl (C=O) groups excluding carboxylic acids is 2. The SMILES string of the molecule is O=C(Nc1nc2c(s1)C(=O)C[C@@H](C(=O)O)C2)c1ccccc1F. The quantitative estimate of drug-likeness (QED) is 0.898. The minimum Gasteiger partial charge on any atom is -0.481 e. The van der Waals surface area contributed by atoms with E-state index in [2.05, 4.69) is 10.3 Å². The summed E-state index contributed by atoms with van der Waals surface area (Å²) in [4.78, 5) is 39.5. The van der Waals surface area contributed by atoms with Crippen molar-refractivity contribution in [3.63, 3.8) is 0 Å². The molecule has 2 aromatic rings. The van der Waals surface area contributed by atoms with Crippen molar-refractivity contribution in [1.82, 2.24) is 4.98 Å². The lowest BCUT2D eigenvalue weighted by Crippen LogP contribution is -2.25. The number of carboxylic acids is 1. The fraction of sp³-hybridized carbons (Fsp3) is 0.200. The number of halogens is 1. The van der Waals surface area contributed by atoms with Crippen LogP contribution in [-0.4, -0.2) is 27.8 Å². The number of benzene rings is 1. The van der Waals surface area contributed by atoms with Crippen molar-refractivity contribution in [2.45, 2.75) is 12.8 Å². The highest BCUT2D eigenvalue weighted by atomic mass is 32.1. The number of rotatable bonds is 3. The van der Waals surface area contributed by atoms with Gasteiger partial charge in [0.25, 0.3) is 5.91 Å². The molecule has 1 amide bonds. The smallest absolute Gasteiger partial charge is 0.307 e. The summed E-state index contributed by atoms with van der Waals surface area (Å²) in [5.74, 6) is -3.48. The van der Waals surface area contributed by atoms with Crippen LogP contribution in [0.2, 0.25) is 0 Å². The molecule has 2 N–H and O–H groups in total. The summed E-state index contributed by atoms with van der Waals surface area (Å²) in [7, 11) is 0. The summed E-state index contributed by atoms with van der Waals surface area (Å²) in [5.41, 5.74) is 0.234. The van der Waals surface area contributed by atoms with E-state index < -0.39 is 23.6 Å². The Hall–Kier alpha value is -2.61. The fourth-order valence-electron chi connectivity index (χ4n) is 2.37. The largest absolute Gasteiger partial charge is 0.481 e. The Bertz CT molecular complexity index is 818. The topological polar surface area (TPSA) is 96.4 Å². The zero-order valence-electron chi connectivity index (χ0n) is 11.7. The third kappa shape index (κ3) is 2.98. The van der Waals surface area contributed by atoms with Gasteiger partial charge in [0.2, 0.25) is 0 Å². The molecule has 8 heteroatoms. The summed E-state index contributed by atoms with van der Waals surface area (Å²) in [5, 5.41) is 11.6. The molecule has 1 aliphatic carbocycles. The number of Topliss-reactive ketones (excluding diaryl/α,β-unsaturated/α-hetero) is 1. The molecule has 1 aliphatic rings. The second-order valence-corrected chi connectivity index (χ2v) is 6.09. The summed E-state index contributed by atoms with van der Waals surface area (Å²) in [6.07, 6.45) is 0.0632. The Morgan fingerprint density at radius 2 is 2.04 bits per heavy atom. The number of thiazole rings is 1. The number of nitrogens with zero attached hydrogens (tertiary/aromatic N) is 1. The second kappa shape index (κ2) is 5.88. The van der Waals surface area contributed by atoms with Crippen LogP contribution in [-0.2, 0) is 11.2 Å². The maximum Gasteiger partial charge on any atom is 0.307 e. The molecule has 0 fully saturated rings. The Balaban J connectivity index is 1.83. The van der Waals surface area contributed by atoms with Gasteiger partial charge in [0, 0.05) is 12.8 Å². The van der Waals surface area contributed by atoms with Crippen LogP contribution in [0.25, 0.3) is 0 Å². The van der Waals surface area contributed by atoms with Crippen molar-refractivity contribution in [3.8, 4) is 0 Å². The highest BCUT2D eigenvalue weighted by molar-refractivity contribution is 7.17. The van der Waals surface area contributed by atoms with E-state index in [0.29, 0.717) is 10.6 Å². The number of hydrogen-bond acceptors (Lipinski definition) is 5. The van der Waals surface area contributed by atoms with Crippen LogP contribution in [0, 0.1) is 11.7 Å². The zero-order valence-corrected chi connectivity index (χ0v) is 12.5. The van der Waals surface area contributed by atoms with E-state index in [9.17, 15) is 18.8 Å². The third-order valence-corrected chi connectivity index (χ3v) is 4.56. The van der Waals surface area contributed by atoms with Gasteiger partial charge in [0.1, 0.15) is 5.82 Å². The van der Waals surface area contributed by atoms with Gasteiger partial charge in [-0.2, -0.15) is 0 Å². The monoisotopic (exact) mass is 334 g/mol. The first-order valence-electron chi connectivity index (χ1n) is 6.77. The molecule has 1 atom stereocenters. The zero-order chi connectivity index (χ0) is 16.6. The molecule has 0 saturated carbocycles. The van der Waals surface area contributed by atoms with Crippen LogP contribution < -0.4 is 5.32 Å². The van der Waals surface area contributed by atoms with Gasteiger partial charge in [-0.1, -0.05) is 23.5 Å². The Labute approximate surface area is 134 Å². The average molecular weight is 334 g/mol. The van der Waals surface area contributed by atoms with E-state index in [1.54, 1.807) is 0 Å². The number of nitrogens with one attached hydrogen (secondary N) is 1. The summed E-state index contributed by atoms with van der Waals surface area (Å²) >= 11 is 0.978. The number of ketones is 1. The molecule has 118 valence electrons. The van der Waals surface area contributed by atoms with Crippen molar-refractivity contribution >= 4 is 34.1 Å². The number of carboxylic acid groups (broad SMARTS) is 1. The van der Waals surface area contributed by atoms with Gasteiger partial charge in [0.15, 0.2) is 10.9 Å². The fourth-order valence-corrected chi connectivity index (χ4v) is 3.30. The van der Waals surface area contributed by atoms with Gasteiger partial charge >= 0.3 is 5.97 Å². The van der Waals surface area contributed by atoms with Gasteiger partial charge in [-0.25, -0.2) is 9.37 Å². The van der Waals surface area contributed by atoms with Crippen LogP contribution in [0.5, 0.6) is 0 Å². The number of aliphatic carboxylic acids is 1. The van der Waals surface area contributed by atoms with Crippen molar-refractivity contribution < 1.29 is 23.9 Å². The normalized spacial score (nSPS) is 16.7. The third-order valence-electron chi connectivity index (χ3n) is 3.51. The molecule has 0 radical (unpaired) electrons. The minimum absolute atomic E-state index is 0.0781. The van der Waals surface area contributed by atoms with Gasteiger partial charge in [-0.3, -0.25) is 19.7 Å². The summed E-state index contributed by atoms with van der Waals surface area (Å²) in [6, 6.07) is 5.51. The first kappa shape index (κ1) is 15.3. The van der Waals surface area contributed by atoms with E-state index in [0.717, 1.165) is 11.3 Å². The molecule has 1 heterocycles. The molecule has 1 aromatic heterocycles. The lowest BCUT2D eigenvalue weighted by atomic mass is 9.90. The molecule has 0 saturated heterocycles. The minimum atomic E-state index is -1.05. The molecular weight excluding hydrogens is 323 g/mol. The molecule has 0 unspecified atom stereocenters. The van der Waals surface area contributed by atoms with Crippen LogP contribution in [0.3, 0.4) is 0 Å². The number of fused-ring (bicyclic) bond motifs is 1. The molecule has 3 rings (SSSR count). The van der Waals surface area contributed by atoms with Crippen LogP contribution >= 0.6 is 11.3 Å². The van der Waals surface area contributed by atoms with Crippen LogP contribution in [0.1, 0.15) is 32.1 Å². The van der Waals surface area contributed by atoms with E-state index in [-0.39, 0.29) is 29.3 Å². The van der Waals surface area contributed by atoms with Gasteiger partial charge in [-0.05, 0) is 12.1 Å². The Morgan fingerprint density at radius 3 is 2.74 bits per heavy atom. The number of hydrogen-bond donors (Lipinski definition) is 2. The lowest BCUT2D eigenvalue weighted by Gasteiger charge is -2.15. The van der Waals surface area contributed by atoms with Gasteiger partial charge in [0.05, 0.1) is 22.1 Å². The molecule has 0 aliphatic heterocycles. The number of amides is 1. The van der Waals surface area contributed by atoms with E-state index >= 15 is 0 Å². The molecular formula is C15H11FN2O4S. The maximum absolute atomic E-state index is 13.6. The number of carbonyl (C=O) groups is 3. The van der Waals surface area contributed by atoms with Crippen LogP contribution in [0.15, 0.2) is 24.3 Å². The standard InChI is InChI=1S/C15H11FN2O4S/c16-9-4-2-1-3-8(9)13(20)18-15-17-10-5-7(14(21)22)6-11(19)12(10)23-15/h1-4,7H,5-6H2,(H,21,22)(H,17,18,20)/t7-/m0/s1. The molecule has 0 spiro atoms. The molecule has 1 aromatic carbocycles. The van der Waals surface area contributed by atoms with Crippen molar-refractivity contribution in [2.24, 2.45) is 5.92 Å². The highest BCUT2D eigenvalue weighted by Gasteiger charge is 2.33. The van der Waals surface area contributed by atoms with E-state index in [1.807, 2.05) is 0 Å². The molecule has 6 nitrogen and oxygen atoms in total. The van der Waals surface area contributed by atoms with Crippen LogP contribution in [0.4, 0.5) is 9.52 Å². The lowest BCUT2D eigenvalue weighted by molar-refractivity contribution is -0.141. The second-order valence-electron chi connectivity index (χ2n) is 5.10. The number of anilines is 1. The predicted molar refractivity (Wildman–Crippen MR) is 80.2 cm³/mol. The summed E-state index contributed by atoms with van der Waals surface area (Å²) < 4.78 is 13.6. The van der Waals surface area contributed by atoms with Crippen molar-refractivity contribution in [2.75, 3.05) is 5.32 Å². The van der Waals surface area contributed by atoms with E-state index in [1.165, 1.54) is 24.3 Å². The highest BCUT2D eigenvalue weighted by Crippen LogP contribution is 2.32. The molecule has 23 heavy (non-hydrogen) atoms. The first-order chi connectivity index (χ1) is 11.0. The first-order valence-corrected chi connectivity index (χ1v) is 7.59. The van der Waals surface area contributed by atoms with Crippen molar-refractivity contribution in [1.29, 1.82) is 0 Å².